The number of hydrogen-bond acceptors (Lipinski definition) is 2. The van der Waals surface area contributed by atoms with Gasteiger partial charge in [-0.25, -0.2) is 0 Å². The van der Waals surface area contributed by atoms with Gasteiger partial charge in [0.1, 0.15) is 0 Å². The van der Waals surface area contributed by atoms with E-state index in [4.69, 9.17) is 8.80 Å². The van der Waals surface area contributed by atoms with Crippen LogP contribution in [0.2, 0.25) is 0 Å². The third-order valence-electron chi connectivity index (χ3n) is 3.96. The molecule has 0 radical (unpaired) electrons. The molecule has 0 aliphatic heterocycles. The molecule has 0 amide bonds. The van der Waals surface area contributed by atoms with Crippen LogP contribution in [-0.2, 0) is 8.80 Å². The molecule has 3 heteroatoms. The standard InChI is InChI=1S/C22H24GeO2/c1-22(2,3)24-25-23(19-13-7-4-8-14-19,20-15-9-5-10-16-20)21-17-11-6-12-18-21/h4-18H,1-3H3. The van der Waals surface area contributed by atoms with Crippen molar-refractivity contribution in [3.63, 3.8) is 0 Å². The van der Waals surface area contributed by atoms with Crippen LogP contribution in [0.4, 0.5) is 0 Å². The Kier molecular flexibility index (Phi) is 5.43. The van der Waals surface area contributed by atoms with Crippen LogP contribution in [0.25, 0.3) is 0 Å². The SMILES string of the molecule is CC(C)(C)O[O][Ge]([c]1ccccc1)([c]1ccccc1)[c]1ccccc1. The van der Waals surface area contributed by atoms with Crippen LogP contribution in [0, 0.1) is 0 Å². The van der Waals surface area contributed by atoms with Crippen LogP contribution in [0.3, 0.4) is 0 Å². The fraction of sp³-hybridized carbons (Fsp3) is 0.182. The van der Waals surface area contributed by atoms with Gasteiger partial charge in [-0.15, -0.1) is 0 Å². The minimum absolute atomic E-state index is 0.380. The van der Waals surface area contributed by atoms with Crippen LogP contribution >= 0.6 is 0 Å². The van der Waals surface area contributed by atoms with Crippen molar-refractivity contribution in [3.8, 4) is 0 Å². The van der Waals surface area contributed by atoms with Crippen LogP contribution in [0.5, 0.6) is 0 Å². The van der Waals surface area contributed by atoms with Gasteiger partial charge in [-0.1, -0.05) is 0 Å². The molecule has 0 aromatic heterocycles. The third kappa shape index (κ3) is 4.03. The minimum atomic E-state index is -3.43. The first-order chi connectivity index (χ1) is 12.0. The Morgan fingerprint density at radius 3 is 1.16 bits per heavy atom. The molecule has 3 rings (SSSR count). The van der Waals surface area contributed by atoms with E-state index >= 15 is 0 Å². The van der Waals surface area contributed by atoms with Gasteiger partial charge in [0.25, 0.3) is 0 Å². The van der Waals surface area contributed by atoms with Crippen molar-refractivity contribution < 1.29 is 8.80 Å². The van der Waals surface area contributed by atoms with Gasteiger partial charge < -0.3 is 0 Å². The van der Waals surface area contributed by atoms with Crippen molar-refractivity contribution in [1.82, 2.24) is 0 Å². The van der Waals surface area contributed by atoms with Crippen molar-refractivity contribution in [3.05, 3.63) is 91.0 Å². The second kappa shape index (κ2) is 7.56. The van der Waals surface area contributed by atoms with Gasteiger partial charge in [-0.3, -0.25) is 0 Å². The van der Waals surface area contributed by atoms with Gasteiger partial charge in [-0.2, -0.15) is 0 Å². The molecule has 0 atom stereocenters. The molecule has 0 saturated carbocycles. The van der Waals surface area contributed by atoms with Gasteiger partial charge in [0.15, 0.2) is 0 Å². The van der Waals surface area contributed by atoms with Gasteiger partial charge >= 0.3 is 153 Å². The zero-order chi connectivity index (χ0) is 17.8. The summed E-state index contributed by atoms with van der Waals surface area (Å²) in [6, 6.07) is 31.5. The molecule has 0 spiro atoms. The van der Waals surface area contributed by atoms with Crippen LogP contribution in [0.1, 0.15) is 20.8 Å². The third-order valence-corrected chi connectivity index (χ3v) is 11.9. The van der Waals surface area contributed by atoms with Crippen LogP contribution in [0.15, 0.2) is 91.0 Å². The van der Waals surface area contributed by atoms with E-state index in [0.717, 1.165) is 0 Å². The van der Waals surface area contributed by atoms with Crippen LogP contribution in [-0.4, -0.2) is 19.2 Å². The van der Waals surface area contributed by atoms with E-state index in [9.17, 15) is 0 Å². The van der Waals surface area contributed by atoms with Gasteiger partial charge in [0.2, 0.25) is 0 Å². The Hall–Kier alpha value is -1.88. The Labute approximate surface area is 153 Å². The van der Waals surface area contributed by atoms with E-state index in [0.29, 0.717) is 0 Å². The van der Waals surface area contributed by atoms with Crippen molar-refractivity contribution >= 4 is 26.8 Å². The summed E-state index contributed by atoms with van der Waals surface area (Å²) in [5.41, 5.74) is -0.380. The molecule has 0 saturated heterocycles. The topological polar surface area (TPSA) is 18.5 Å². The molecular weight excluding hydrogens is 369 g/mol. The molecule has 3 aromatic rings. The normalized spacial score (nSPS) is 12.1. The van der Waals surface area contributed by atoms with Gasteiger partial charge in [-0.05, 0) is 0 Å². The molecular formula is C22H24GeO2. The summed E-state index contributed by atoms with van der Waals surface area (Å²) in [7, 11) is 0. The molecule has 0 heterocycles. The summed E-state index contributed by atoms with van der Waals surface area (Å²) in [6.45, 7) is 6.04. The van der Waals surface area contributed by atoms with Crippen LogP contribution < -0.4 is 13.2 Å². The van der Waals surface area contributed by atoms with E-state index in [1.165, 1.54) is 13.2 Å². The Morgan fingerprint density at radius 1 is 0.560 bits per heavy atom. The zero-order valence-electron chi connectivity index (χ0n) is 15.0. The molecule has 0 N–H and O–H groups in total. The maximum absolute atomic E-state index is 6.44. The van der Waals surface area contributed by atoms with E-state index in [2.05, 4.69) is 72.8 Å². The Balaban J connectivity index is 2.24. The number of benzene rings is 3. The van der Waals surface area contributed by atoms with Crippen molar-refractivity contribution in [1.29, 1.82) is 0 Å². The molecule has 0 aliphatic carbocycles. The molecule has 0 unspecified atom stereocenters. The molecule has 0 bridgehead atoms. The summed E-state index contributed by atoms with van der Waals surface area (Å²) < 4.78 is 10.1. The summed E-state index contributed by atoms with van der Waals surface area (Å²) in [6.07, 6.45) is 0. The summed E-state index contributed by atoms with van der Waals surface area (Å²) in [5, 5.41) is 0. The average molecular weight is 393 g/mol. The number of rotatable bonds is 5. The van der Waals surface area contributed by atoms with E-state index in [1.807, 2.05) is 39.0 Å². The molecule has 0 aliphatic rings. The first-order valence-corrected chi connectivity index (χ1v) is 12.6. The van der Waals surface area contributed by atoms with Crippen molar-refractivity contribution in [2.45, 2.75) is 26.4 Å². The first-order valence-electron chi connectivity index (χ1n) is 8.56. The van der Waals surface area contributed by atoms with E-state index in [1.54, 1.807) is 0 Å². The average Bonchev–Trinajstić information content (AvgIpc) is 2.64. The maximum atomic E-state index is 6.44. The predicted octanol–water partition coefficient (Wildman–Crippen LogP) is 3.40. The number of hydrogen-bond donors (Lipinski definition) is 0. The summed E-state index contributed by atoms with van der Waals surface area (Å²) in [4.78, 5) is 5.94. The molecule has 2 nitrogen and oxygen atoms in total. The zero-order valence-corrected chi connectivity index (χ0v) is 17.1. The Bertz CT molecular complexity index is 684. The van der Waals surface area contributed by atoms with E-state index in [-0.39, 0.29) is 5.60 Å². The van der Waals surface area contributed by atoms with E-state index < -0.39 is 13.6 Å². The summed E-state index contributed by atoms with van der Waals surface area (Å²) in [5.74, 6) is 0. The monoisotopic (exact) mass is 394 g/mol. The Morgan fingerprint density at radius 2 is 0.880 bits per heavy atom. The first kappa shape index (κ1) is 17.9. The van der Waals surface area contributed by atoms with Crippen molar-refractivity contribution in [2.75, 3.05) is 0 Å². The second-order valence-corrected chi connectivity index (χ2v) is 13.9. The molecule has 0 fully saturated rings. The molecule has 25 heavy (non-hydrogen) atoms. The predicted molar refractivity (Wildman–Crippen MR) is 106 cm³/mol. The molecule has 3 aromatic carbocycles. The molecule has 128 valence electrons. The summed E-state index contributed by atoms with van der Waals surface area (Å²) >= 11 is -3.43. The van der Waals surface area contributed by atoms with Gasteiger partial charge in [0.05, 0.1) is 0 Å². The fourth-order valence-electron chi connectivity index (χ4n) is 2.85. The quantitative estimate of drug-likeness (QED) is 0.376. The second-order valence-electron chi connectivity index (χ2n) is 7.06. The fourth-order valence-corrected chi connectivity index (χ4v) is 10.5. The van der Waals surface area contributed by atoms with Gasteiger partial charge in [0, 0.05) is 0 Å². The van der Waals surface area contributed by atoms with Crippen molar-refractivity contribution in [2.24, 2.45) is 0 Å².